The van der Waals surface area contributed by atoms with Crippen LogP contribution in [0.4, 0.5) is 4.79 Å². The molecule has 5 nitrogen and oxygen atoms in total. The summed E-state index contributed by atoms with van der Waals surface area (Å²) in [5, 5.41) is 0. The van der Waals surface area contributed by atoms with Crippen LogP contribution in [-0.2, 0) is 10.3 Å². The van der Waals surface area contributed by atoms with Crippen molar-refractivity contribution < 1.29 is 19.0 Å². The number of cyclic esters (lactones) is 1. The van der Waals surface area contributed by atoms with E-state index in [9.17, 15) is 4.79 Å². The number of hydrogen-bond donors (Lipinski definition) is 0. The number of carbonyl (C=O) groups is 1. The summed E-state index contributed by atoms with van der Waals surface area (Å²) < 4.78 is 16.2. The molecule has 1 aromatic carbocycles. The fourth-order valence-corrected chi connectivity index (χ4v) is 2.24. The summed E-state index contributed by atoms with van der Waals surface area (Å²) in [7, 11) is 3.32. The van der Waals surface area contributed by atoms with E-state index >= 15 is 0 Å². The third kappa shape index (κ3) is 2.45. The monoisotopic (exact) mass is 265 g/mol. The van der Waals surface area contributed by atoms with Gasteiger partial charge in [-0.1, -0.05) is 6.07 Å². The third-order valence-corrected chi connectivity index (χ3v) is 3.24. The van der Waals surface area contributed by atoms with Crippen molar-refractivity contribution in [2.24, 2.45) is 0 Å². The first-order valence-electron chi connectivity index (χ1n) is 6.25. The van der Waals surface area contributed by atoms with E-state index in [0.29, 0.717) is 24.7 Å². The van der Waals surface area contributed by atoms with Gasteiger partial charge in [0.05, 0.1) is 20.3 Å². The maximum atomic E-state index is 11.5. The Labute approximate surface area is 113 Å². The van der Waals surface area contributed by atoms with Crippen LogP contribution in [0, 0.1) is 0 Å². The van der Waals surface area contributed by atoms with Crippen molar-refractivity contribution in [2.75, 3.05) is 27.3 Å². The Hall–Kier alpha value is -1.91. The third-order valence-electron chi connectivity index (χ3n) is 3.24. The Kier molecular flexibility index (Phi) is 3.55. The molecule has 2 rings (SSSR count). The zero-order chi connectivity index (χ0) is 14.0. The molecule has 1 amide bonds. The predicted octanol–water partition coefficient (Wildman–Crippen LogP) is 2.39. The fraction of sp³-hybridized carbons (Fsp3) is 0.500. The van der Waals surface area contributed by atoms with Gasteiger partial charge in [0, 0.05) is 12.6 Å². The van der Waals surface area contributed by atoms with Crippen LogP contribution in [0.3, 0.4) is 0 Å². The molecule has 1 atom stereocenters. The first kappa shape index (κ1) is 13.5. The fourth-order valence-electron chi connectivity index (χ4n) is 2.24. The highest BCUT2D eigenvalue weighted by atomic mass is 16.6. The molecule has 1 aliphatic heterocycles. The zero-order valence-electron chi connectivity index (χ0n) is 11.7. The standard InChI is InChI=1S/C14H19NO4/c1-5-18-12-8-10(6-7-11(12)17-4)14(2)9-15(3)13(16)19-14/h6-8H,5,9H2,1-4H3. The Bertz CT molecular complexity index is 488. The minimum atomic E-state index is -0.649. The summed E-state index contributed by atoms with van der Waals surface area (Å²) in [5.41, 5.74) is 0.249. The maximum Gasteiger partial charge on any atom is 0.410 e. The van der Waals surface area contributed by atoms with E-state index in [0.717, 1.165) is 5.56 Å². The number of likely N-dealkylation sites (N-methyl/N-ethyl adjacent to an activating group) is 1. The van der Waals surface area contributed by atoms with Crippen molar-refractivity contribution in [3.05, 3.63) is 23.8 Å². The number of benzene rings is 1. The highest BCUT2D eigenvalue weighted by Crippen LogP contribution is 2.37. The average molecular weight is 265 g/mol. The first-order chi connectivity index (χ1) is 9.00. The van der Waals surface area contributed by atoms with Crippen LogP contribution in [0.5, 0.6) is 11.5 Å². The number of nitrogens with zero attached hydrogens (tertiary/aromatic N) is 1. The molecular formula is C14H19NO4. The molecule has 0 bridgehead atoms. The lowest BCUT2D eigenvalue weighted by Gasteiger charge is -2.23. The molecule has 0 saturated carbocycles. The SMILES string of the molecule is CCOc1cc(C2(C)CN(C)C(=O)O2)ccc1OC. The van der Waals surface area contributed by atoms with Gasteiger partial charge in [-0.05, 0) is 26.0 Å². The van der Waals surface area contributed by atoms with Crippen molar-refractivity contribution in [3.8, 4) is 11.5 Å². The molecule has 0 aliphatic carbocycles. The molecule has 1 unspecified atom stereocenters. The summed E-state index contributed by atoms with van der Waals surface area (Å²) >= 11 is 0. The quantitative estimate of drug-likeness (QED) is 0.838. The second-order valence-corrected chi connectivity index (χ2v) is 4.75. The second kappa shape index (κ2) is 4.99. The molecule has 19 heavy (non-hydrogen) atoms. The number of carbonyl (C=O) groups excluding carboxylic acids is 1. The van der Waals surface area contributed by atoms with E-state index in [2.05, 4.69) is 0 Å². The molecule has 0 spiro atoms. The van der Waals surface area contributed by atoms with Gasteiger partial charge in [-0.25, -0.2) is 4.79 Å². The van der Waals surface area contributed by atoms with Gasteiger partial charge in [0.25, 0.3) is 0 Å². The number of hydrogen-bond acceptors (Lipinski definition) is 4. The topological polar surface area (TPSA) is 48.0 Å². The van der Waals surface area contributed by atoms with Gasteiger partial charge in [0.2, 0.25) is 0 Å². The van der Waals surface area contributed by atoms with Gasteiger partial charge in [0.15, 0.2) is 17.1 Å². The van der Waals surface area contributed by atoms with E-state index in [1.54, 1.807) is 19.1 Å². The first-order valence-corrected chi connectivity index (χ1v) is 6.25. The van der Waals surface area contributed by atoms with E-state index in [4.69, 9.17) is 14.2 Å². The normalized spacial score (nSPS) is 22.3. The smallest absolute Gasteiger partial charge is 0.410 e. The Morgan fingerprint density at radius 2 is 2.16 bits per heavy atom. The van der Waals surface area contributed by atoms with Gasteiger partial charge in [-0.3, -0.25) is 0 Å². The van der Waals surface area contributed by atoms with Crippen LogP contribution in [0.2, 0.25) is 0 Å². The summed E-state index contributed by atoms with van der Waals surface area (Å²) in [6, 6.07) is 5.60. The second-order valence-electron chi connectivity index (χ2n) is 4.75. The largest absolute Gasteiger partial charge is 0.493 e. The number of methoxy groups -OCH3 is 1. The van der Waals surface area contributed by atoms with Gasteiger partial charge < -0.3 is 19.1 Å². The van der Waals surface area contributed by atoms with E-state index in [1.807, 2.05) is 32.0 Å². The number of ether oxygens (including phenoxy) is 3. The molecule has 1 aliphatic rings. The van der Waals surface area contributed by atoms with Crippen LogP contribution in [-0.4, -0.2) is 38.3 Å². The molecule has 0 N–H and O–H groups in total. The number of amides is 1. The summed E-state index contributed by atoms with van der Waals surface area (Å²) in [5.74, 6) is 1.33. The van der Waals surface area contributed by atoms with Crippen LogP contribution in [0.15, 0.2) is 18.2 Å². The molecule has 104 valence electrons. The van der Waals surface area contributed by atoms with E-state index in [-0.39, 0.29) is 6.09 Å². The predicted molar refractivity (Wildman–Crippen MR) is 70.6 cm³/mol. The molecule has 5 heteroatoms. The summed E-state index contributed by atoms with van der Waals surface area (Å²) in [6.45, 7) is 4.88. The van der Waals surface area contributed by atoms with Crippen molar-refractivity contribution in [1.29, 1.82) is 0 Å². The Morgan fingerprint density at radius 3 is 2.68 bits per heavy atom. The van der Waals surface area contributed by atoms with Crippen LogP contribution >= 0.6 is 0 Å². The molecule has 1 fully saturated rings. The molecular weight excluding hydrogens is 246 g/mol. The van der Waals surface area contributed by atoms with Crippen LogP contribution in [0.1, 0.15) is 19.4 Å². The summed E-state index contributed by atoms with van der Waals surface area (Å²) in [6.07, 6.45) is -0.309. The average Bonchev–Trinajstić information content (AvgIpc) is 2.64. The zero-order valence-corrected chi connectivity index (χ0v) is 11.7. The van der Waals surface area contributed by atoms with Crippen molar-refractivity contribution in [3.63, 3.8) is 0 Å². The van der Waals surface area contributed by atoms with Crippen molar-refractivity contribution >= 4 is 6.09 Å². The highest BCUT2D eigenvalue weighted by Gasteiger charge is 2.41. The molecule has 1 heterocycles. The molecule has 1 saturated heterocycles. The van der Waals surface area contributed by atoms with Gasteiger partial charge in [-0.2, -0.15) is 0 Å². The van der Waals surface area contributed by atoms with Crippen molar-refractivity contribution in [2.45, 2.75) is 19.4 Å². The maximum absolute atomic E-state index is 11.5. The minimum absolute atomic E-state index is 0.309. The van der Waals surface area contributed by atoms with E-state index < -0.39 is 5.60 Å². The summed E-state index contributed by atoms with van der Waals surface area (Å²) in [4.78, 5) is 13.1. The lowest BCUT2D eigenvalue weighted by molar-refractivity contribution is 0.0698. The minimum Gasteiger partial charge on any atom is -0.493 e. The highest BCUT2D eigenvalue weighted by molar-refractivity contribution is 5.70. The van der Waals surface area contributed by atoms with Gasteiger partial charge >= 0.3 is 6.09 Å². The lowest BCUT2D eigenvalue weighted by atomic mass is 9.95. The van der Waals surface area contributed by atoms with Gasteiger partial charge in [0.1, 0.15) is 0 Å². The Balaban J connectivity index is 2.35. The number of rotatable bonds is 4. The van der Waals surface area contributed by atoms with Crippen molar-refractivity contribution in [1.82, 2.24) is 4.90 Å². The molecule has 0 aromatic heterocycles. The lowest BCUT2D eigenvalue weighted by Crippen LogP contribution is -2.27. The van der Waals surface area contributed by atoms with Crippen LogP contribution < -0.4 is 9.47 Å². The molecule has 0 radical (unpaired) electrons. The van der Waals surface area contributed by atoms with Gasteiger partial charge in [-0.15, -0.1) is 0 Å². The Morgan fingerprint density at radius 1 is 1.42 bits per heavy atom. The van der Waals surface area contributed by atoms with Crippen LogP contribution in [0.25, 0.3) is 0 Å². The van der Waals surface area contributed by atoms with E-state index in [1.165, 1.54) is 0 Å². The molecule has 1 aromatic rings.